The molecule has 188 valence electrons. The highest BCUT2D eigenvalue weighted by atomic mass is 14.2. The molecule has 0 aliphatic heterocycles. The van der Waals surface area contributed by atoms with Crippen molar-refractivity contribution < 1.29 is 0 Å². The molecule has 0 fully saturated rings. The van der Waals surface area contributed by atoms with Crippen LogP contribution in [0.15, 0.2) is 158 Å². The van der Waals surface area contributed by atoms with Gasteiger partial charge in [0.15, 0.2) is 0 Å². The third-order valence-electron chi connectivity index (χ3n) is 7.81. The van der Waals surface area contributed by atoms with Gasteiger partial charge in [0, 0.05) is 0 Å². The molecule has 0 atom stereocenters. The zero-order chi connectivity index (χ0) is 26.9. The second kappa shape index (κ2) is 10.2. The maximum Gasteiger partial charge on any atom is -0.00201 e. The van der Waals surface area contributed by atoms with Crippen molar-refractivity contribution in [1.82, 2.24) is 0 Å². The van der Waals surface area contributed by atoms with E-state index in [0.717, 1.165) is 11.1 Å². The number of fused-ring (bicyclic) bond motifs is 3. The summed E-state index contributed by atoms with van der Waals surface area (Å²) < 4.78 is 0. The van der Waals surface area contributed by atoms with Gasteiger partial charge in [-0.2, -0.15) is 0 Å². The van der Waals surface area contributed by atoms with E-state index >= 15 is 0 Å². The SMILES string of the molecule is C=C(/C=C\c1ccccc1)c1ccc(-c2c3ccccc3c(-c3ccccc3)c3ccccc23)c2ccccc12. The summed E-state index contributed by atoms with van der Waals surface area (Å²) in [6.45, 7) is 4.45. The van der Waals surface area contributed by atoms with Crippen LogP contribution in [0.4, 0.5) is 0 Å². The molecule has 7 aromatic carbocycles. The minimum Gasteiger partial charge on any atom is -0.0911 e. The fourth-order valence-corrected chi connectivity index (χ4v) is 5.98. The molecule has 7 rings (SSSR count). The monoisotopic (exact) mass is 508 g/mol. The lowest BCUT2D eigenvalue weighted by molar-refractivity contribution is 1.64. The smallest absolute Gasteiger partial charge is 0.00201 e. The number of hydrogen-bond donors (Lipinski definition) is 0. The maximum atomic E-state index is 4.45. The summed E-state index contributed by atoms with van der Waals surface area (Å²) in [4.78, 5) is 0. The van der Waals surface area contributed by atoms with Crippen molar-refractivity contribution in [3.8, 4) is 22.3 Å². The molecule has 40 heavy (non-hydrogen) atoms. The average Bonchev–Trinajstić information content (AvgIpc) is 3.03. The predicted molar refractivity (Wildman–Crippen MR) is 174 cm³/mol. The minimum absolute atomic E-state index is 1.00. The van der Waals surface area contributed by atoms with Crippen LogP contribution >= 0.6 is 0 Å². The fourth-order valence-electron chi connectivity index (χ4n) is 5.98. The highest BCUT2D eigenvalue weighted by Crippen LogP contribution is 2.45. The topological polar surface area (TPSA) is 0 Å². The van der Waals surface area contributed by atoms with Crippen LogP contribution in [0.2, 0.25) is 0 Å². The third kappa shape index (κ3) is 4.11. The molecule has 0 spiro atoms. The van der Waals surface area contributed by atoms with E-state index in [9.17, 15) is 0 Å². The van der Waals surface area contributed by atoms with E-state index in [0.29, 0.717) is 0 Å². The molecule has 7 aromatic rings. The first-order valence-corrected chi connectivity index (χ1v) is 13.7. The Kier molecular flexibility index (Phi) is 6.07. The molecular weight excluding hydrogens is 480 g/mol. The van der Waals surface area contributed by atoms with E-state index in [1.54, 1.807) is 0 Å². The van der Waals surface area contributed by atoms with Gasteiger partial charge >= 0.3 is 0 Å². The standard InChI is InChI=1S/C40H28/c1-28(24-25-29-14-4-2-5-15-29)31-26-27-38(33-19-9-8-18-32(31)33)40-36-22-12-10-20-34(36)39(30-16-6-3-7-17-30)35-21-11-13-23-37(35)40/h2-27H,1H2/b25-24-. The Morgan fingerprint density at radius 1 is 0.425 bits per heavy atom. The van der Waals surface area contributed by atoms with Crippen LogP contribution in [0, 0.1) is 0 Å². The van der Waals surface area contributed by atoms with Gasteiger partial charge in [-0.25, -0.2) is 0 Å². The average molecular weight is 509 g/mol. The molecule has 0 heteroatoms. The van der Waals surface area contributed by atoms with Crippen LogP contribution < -0.4 is 0 Å². The van der Waals surface area contributed by atoms with Crippen molar-refractivity contribution >= 4 is 44.0 Å². The number of rotatable bonds is 5. The van der Waals surface area contributed by atoms with Crippen molar-refractivity contribution in [1.29, 1.82) is 0 Å². The van der Waals surface area contributed by atoms with Gasteiger partial charge in [-0.3, -0.25) is 0 Å². The van der Waals surface area contributed by atoms with Crippen molar-refractivity contribution in [2.45, 2.75) is 0 Å². The van der Waals surface area contributed by atoms with Gasteiger partial charge in [-0.1, -0.05) is 164 Å². The van der Waals surface area contributed by atoms with Crippen LogP contribution in [0.5, 0.6) is 0 Å². The normalized spacial score (nSPS) is 11.5. The molecule has 0 aromatic heterocycles. The lowest BCUT2D eigenvalue weighted by Crippen LogP contribution is -1.93. The zero-order valence-electron chi connectivity index (χ0n) is 22.2. The minimum atomic E-state index is 1.00. The van der Waals surface area contributed by atoms with Crippen LogP contribution in [0.25, 0.3) is 66.2 Å². The summed E-state index contributed by atoms with van der Waals surface area (Å²) in [5.41, 5.74) is 8.37. The van der Waals surface area contributed by atoms with E-state index < -0.39 is 0 Å². The molecule has 0 bridgehead atoms. The van der Waals surface area contributed by atoms with Crippen molar-refractivity contribution in [2.24, 2.45) is 0 Å². The summed E-state index contributed by atoms with van der Waals surface area (Å²) in [6, 6.07) is 52.1. The second-order valence-corrected chi connectivity index (χ2v) is 10.2. The van der Waals surface area contributed by atoms with Crippen LogP contribution in [-0.2, 0) is 0 Å². The van der Waals surface area contributed by atoms with E-state index in [-0.39, 0.29) is 0 Å². The lowest BCUT2D eigenvalue weighted by atomic mass is 9.84. The van der Waals surface area contributed by atoms with Gasteiger partial charge in [-0.05, 0) is 71.3 Å². The van der Waals surface area contributed by atoms with Crippen molar-refractivity contribution in [3.05, 3.63) is 169 Å². The van der Waals surface area contributed by atoms with Crippen molar-refractivity contribution in [2.75, 3.05) is 0 Å². The highest BCUT2D eigenvalue weighted by Gasteiger charge is 2.18. The highest BCUT2D eigenvalue weighted by molar-refractivity contribution is 6.23. The van der Waals surface area contributed by atoms with E-state index in [1.165, 1.54) is 60.1 Å². The molecule has 0 unspecified atom stereocenters. The van der Waals surface area contributed by atoms with Gasteiger partial charge < -0.3 is 0 Å². The van der Waals surface area contributed by atoms with Gasteiger partial charge in [-0.15, -0.1) is 0 Å². The molecule has 0 amide bonds. The summed E-state index contributed by atoms with van der Waals surface area (Å²) >= 11 is 0. The summed E-state index contributed by atoms with van der Waals surface area (Å²) in [7, 11) is 0. The molecule has 0 N–H and O–H groups in total. The summed E-state index contributed by atoms with van der Waals surface area (Å²) in [6.07, 6.45) is 4.25. The van der Waals surface area contributed by atoms with Crippen LogP contribution in [0.1, 0.15) is 11.1 Å². The van der Waals surface area contributed by atoms with Gasteiger partial charge in [0.1, 0.15) is 0 Å². The van der Waals surface area contributed by atoms with E-state index in [1.807, 2.05) is 6.07 Å². The Morgan fingerprint density at radius 3 is 1.50 bits per heavy atom. The van der Waals surface area contributed by atoms with Gasteiger partial charge in [0.2, 0.25) is 0 Å². The quantitative estimate of drug-likeness (QED) is 0.160. The Morgan fingerprint density at radius 2 is 0.900 bits per heavy atom. The molecule has 0 heterocycles. The molecule has 0 aliphatic carbocycles. The Labute approximate surface area is 235 Å². The third-order valence-corrected chi connectivity index (χ3v) is 7.81. The van der Waals surface area contributed by atoms with Crippen LogP contribution in [0.3, 0.4) is 0 Å². The molecule has 0 nitrogen and oxygen atoms in total. The fraction of sp³-hybridized carbons (Fsp3) is 0. The van der Waals surface area contributed by atoms with Crippen LogP contribution in [-0.4, -0.2) is 0 Å². The second-order valence-electron chi connectivity index (χ2n) is 10.2. The molecule has 0 saturated heterocycles. The lowest BCUT2D eigenvalue weighted by Gasteiger charge is -2.19. The Hall–Kier alpha value is -5.20. The van der Waals surface area contributed by atoms with Crippen molar-refractivity contribution in [3.63, 3.8) is 0 Å². The number of allylic oxidation sites excluding steroid dienone is 2. The first-order chi connectivity index (χ1) is 19.8. The largest absolute Gasteiger partial charge is 0.0911 e. The maximum absolute atomic E-state index is 4.45. The predicted octanol–water partition coefficient (Wildman–Crippen LogP) is 11.2. The summed E-state index contributed by atoms with van der Waals surface area (Å²) in [5.74, 6) is 0. The molecular formula is C40H28. The molecule has 0 radical (unpaired) electrons. The first kappa shape index (κ1) is 23.9. The van der Waals surface area contributed by atoms with Gasteiger partial charge in [0.25, 0.3) is 0 Å². The van der Waals surface area contributed by atoms with E-state index in [4.69, 9.17) is 0 Å². The molecule has 0 saturated carbocycles. The number of hydrogen-bond acceptors (Lipinski definition) is 0. The first-order valence-electron chi connectivity index (χ1n) is 13.7. The van der Waals surface area contributed by atoms with E-state index in [2.05, 4.69) is 158 Å². The summed E-state index contributed by atoms with van der Waals surface area (Å²) in [5, 5.41) is 7.51. The Bertz CT molecular complexity index is 1990. The number of benzene rings is 7. The molecule has 0 aliphatic rings. The Balaban J connectivity index is 1.49. The zero-order valence-corrected chi connectivity index (χ0v) is 22.2. The van der Waals surface area contributed by atoms with Gasteiger partial charge in [0.05, 0.1) is 0 Å².